The molecule has 0 aliphatic heterocycles. The van der Waals surface area contributed by atoms with Gasteiger partial charge in [-0.3, -0.25) is 0 Å². The van der Waals surface area contributed by atoms with Gasteiger partial charge in [0.1, 0.15) is 0 Å². The molecule has 2 aromatic rings. The van der Waals surface area contributed by atoms with E-state index in [-0.39, 0.29) is 11.5 Å². The van der Waals surface area contributed by atoms with Crippen molar-refractivity contribution in [2.75, 3.05) is 13.2 Å². The van der Waals surface area contributed by atoms with E-state index in [2.05, 4.69) is 0 Å². The highest BCUT2D eigenvalue weighted by Gasteiger charge is 2.09. The molecule has 130 valence electrons. The lowest BCUT2D eigenvalue weighted by Crippen LogP contribution is -1.99. The van der Waals surface area contributed by atoms with Gasteiger partial charge in [0.15, 0.2) is 23.1 Å². The van der Waals surface area contributed by atoms with Gasteiger partial charge in [-0.1, -0.05) is 38.8 Å². The van der Waals surface area contributed by atoms with Crippen LogP contribution in [-0.2, 0) is 0 Å². The highest BCUT2D eigenvalue weighted by Crippen LogP contribution is 2.29. The van der Waals surface area contributed by atoms with Crippen LogP contribution in [-0.4, -0.2) is 13.2 Å². The summed E-state index contributed by atoms with van der Waals surface area (Å²) in [6, 6.07) is 9.38. The number of benzene rings is 2. The van der Waals surface area contributed by atoms with E-state index in [1.807, 2.05) is 13.8 Å². The molecule has 0 radical (unpaired) electrons. The molecule has 4 heteroatoms. The molecule has 0 heterocycles. The third kappa shape index (κ3) is 4.95. The van der Waals surface area contributed by atoms with Crippen LogP contribution in [0, 0.1) is 11.6 Å². The molecule has 0 aromatic heterocycles. The van der Waals surface area contributed by atoms with Crippen molar-refractivity contribution in [3.8, 4) is 22.6 Å². The fraction of sp³-hybridized carbons (Fsp3) is 0.400. The van der Waals surface area contributed by atoms with Gasteiger partial charge in [0, 0.05) is 0 Å². The summed E-state index contributed by atoms with van der Waals surface area (Å²) in [5.74, 6) is -0.418. The van der Waals surface area contributed by atoms with Gasteiger partial charge in [-0.25, -0.2) is 8.78 Å². The quantitative estimate of drug-likeness (QED) is 0.524. The molecule has 0 fully saturated rings. The predicted octanol–water partition coefficient (Wildman–Crippen LogP) is 5.99. The van der Waals surface area contributed by atoms with Gasteiger partial charge in [-0.15, -0.1) is 0 Å². The van der Waals surface area contributed by atoms with Crippen LogP contribution in [0.3, 0.4) is 0 Å². The fourth-order valence-electron chi connectivity index (χ4n) is 2.25. The van der Waals surface area contributed by atoms with Crippen molar-refractivity contribution in [3.63, 3.8) is 0 Å². The van der Waals surface area contributed by atoms with Crippen LogP contribution in [0.4, 0.5) is 8.78 Å². The SMILES string of the molecule is CCCCOc1ccc(-c2ccc(OCCCC)c(F)c2)cc1F. The van der Waals surface area contributed by atoms with Crippen molar-refractivity contribution in [3.05, 3.63) is 48.0 Å². The fourth-order valence-corrected chi connectivity index (χ4v) is 2.25. The van der Waals surface area contributed by atoms with Crippen molar-refractivity contribution >= 4 is 0 Å². The van der Waals surface area contributed by atoms with Gasteiger partial charge in [0.2, 0.25) is 0 Å². The number of ether oxygens (including phenoxy) is 2. The molecule has 0 bridgehead atoms. The molecule has 0 unspecified atom stereocenters. The van der Waals surface area contributed by atoms with Crippen molar-refractivity contribution in [2.24, 2.45) is 0 Å². The molecule has 0 saturated heterocycles. The Morgan fingerprint density at radius 1 is 0.708 bits per heavy atom. The van der Waals surface area contributed by atoms with Crippen LogP contribution >= 0.6 is 0 Å². The summed E-state index contributed by atoms with van der Waals surface area (Å²) < 4.78 is 39.0. The van der Waals surface area contributed by atoms with E-state index < -0.39 is 11.6 Å². The number of hydrogen-bond donors (Lipinski definition) is 0. The van der Waals surface area contributed by atoms with Gasteiger partial charge in [0.25, 0.3) is 0 Å². The Morgan fingerprint density at radius 3 is 1.46 bits per heavy atom. The molecule has 0 aliphatic carbocycles. The molecule has 0 N–H and O–H groups in total. The first-order chi connectivity index (χ1) is 11.7. The third-order valence-electron chi connectivity index (χ3n) is 3.71. The Balaban J connectivity index is 2.10. The van der Waals surface area contributed by atoms with Gasteiger partial charge in [0.05, 0.1) is 13.2 Å². The topological polar surface area (TPSA) is 18.5 Å². The second-order valence-corrected chi connectivity index (χ2v) is 5.69. The molecule has 24 heavy (non-hydrogen) atoms. The Hall–Kier alpha value is -2.10. The number of halogens is 2. The van der Waals surface area contributed by atoms with E-state index in [0.717, 1.165) is 25.7 Å². The average molecular weight is 334 g/mol. The molecular weight excluding hydrogens is 310 g/mol. The summed E-state index contributed by atoms with van der Waals surface area (Å²) in [6.07, 6.45) is 3.75. The van der Waals surface area contributed by atoms with E-state index in [9.17, 15) is 8.78 Å². The van der Waals surface area contributed by atoms with Crippen molar-refractivity contribution in [2.45, 2.75) is 39.5 Å². The first-order valence-electron chi connectivity index (χ1n) is 8.50. The number of hydrogen-bond acceptors (Lipinski definition) is 2. The first kappa shape index (κ1) is 18.2. The van der Waals surface area contributed by atoms with Crippen LogP contribution in [0.15, 0.2) is 36.4 Å². The highest BCUT2D eigenvalue weighted by molar-refractivity contribution is 5.65. The third-order valence-corrected chi connectivity index (χ3v) is 3.71. The summed E-state index contributed by atoms with van der Waals surface area (Å²) >= 11 is 0. The van der Waals surface area contributed by atoms with Crippen molar-refractivity contribution in [1.82, 2.24) is 0 Å². The molecule has 2 rings (SSSR count). The zero-order valence-electron chi connectivity index (χ0n) is 14.3. The normalized spacial score (nSPS) is 10.7. The molecule has 2 nitrogen and oxygen atoms in total. The Kier molecular flexibility index (Phi) is 7.04. The minimum Gasteiger partial charge on any atom is -0.491 e. The monoisotopic (exact) mass is 334 g/mol. The van der Waals surface area contributed by atoms with Crippen LogP contribution in [0.5, 0.6) is 11.5 Å². The average Bonchev–Trinajstić information content (AvgIpc) is 2.58. The lowest BCUT2D eigenvalue weighted by Gasteiger charge is -2.10. The standard InChI is InChI=1S/C20H24F2O2/c1-3-5-11-23-19-9-7-15(13-17(19)21)16-8-10-20(18(22)14-16)24-12-6-4-2/h7-10,13-14H,3-6,11-12H2,1-2H3. The van der Waals surface area contributed by atoms with Gasteiger partial charge in [-0.05, 0) is 48.2 Å². The highest BCUT2D eigenvalue weighted by atomic mass is 19.1. The second kappa shape index (κ2) is 9.26. The molecule has 0 saturated carbocycles. The summed E-state index contributed by atoms with van der Waals surface area (Å²) in [4.78, 5) is 0. The number of unbranched alkanes of at least 4 members (excludes halogenated alkanes) is 2. The van der Waals surface area contributed by atoms with Gasteiger partial charge < -0.3 is 9.47 Å². The minimum atomic E-state index is -0.438. The van der Waals surface area contributed by atoms with Crippen molar-refractivity contribution in [1.29, 1.82) is 0 Å². The molecular formula is C20H24F2O2. The van der Waals surface area contributed by atoms with E-state index in [0.29, 0.717) is 24.3 Å². The maximum absolute atomic E-state index is 14.1. The first-order valence-corrected chi connectivity index (χ1v) is 8.50. The predicted molar refractivity (Wildman–Crippen MR) is 92.6 cm³/mol. The summed E-state index contributed by atoms with van der Waals surface area (Å²) in [5, 5.41) is 0. The molecule has 0 aliphatic rings. The Bertz CT molecular complexity index is 599. The number of rotatable bonds is 9. The summed E-state index contributed by atoms with van der Waals surface area (Å²) in [6.45, 7) is 5.08. The zero-order chi connectivity index (χ0) is 17.4. The van der Waals surface area contributed by atoms with Crippen LogP contribution in [0.1, 0.15) is 39.5 Å². The van der Waals surface area contributed by atoms with Gasteiger partial charge >= 0.3 is 0 Å². The smallest absolute Gasteiger partial charge is 0.165 e. The van der Waals surface area contributed by atoms with E-state index in [4.69, 9.17) is 9.47 Å². The molecule has 2 aromatic carbocycles. The lowest BCUT2D eigenvalue weighted by molar-refractivity contribution is 0.294. The Morgan fingerprint density at radius 2 is 1.12 bits per heavy atom. The molecule has 0 atom stereocenters. The van der Waals surface area contributed by atoms with E-state index in [1.54, 1.807) is 24.3 Å². The molecule has 0 amide bonds. The second-order valence-electron chi connectivity index (χ2n) is 5.69. The van der Waals surface area contributed by atoms with Crippen LogP contribution in [0.2, 0.25) is 0 Å². The van der Waals surface area contributed by atoms with E-state index >= 15 is 0 Å². The van der Waals surface area contributed by atoms with Crippen LogP contribution in [0.25, 0.3) is 11.1 Å². The van der Waals surface area contributed by atoms with Gasteiger partial charge in [-0.2, -0.15) is 0 Å². The van der Waals surface area contributed by atoms with Crippen LogP contribution < -0.4 is 9.47 Å². The summed E-state index contributed by atoms with van der Waals surface area (Å²) in [5.41, 5.74) is 1.21. The van der Waals surface area contributed by atoms with Crippen molar-refractivity contribution < 1.29 is 18.3 Å². The lowest BCUT2D eigenvalue weighted by atomic mass is 10.0. The largest absolute Gasteiger partial charge is 0.491 e. The maximum Gasteiger partial charge on any atom is 0.165 e. The summed E-state index contributed by atoms with van der Waals surface area (Å²) in [7, 11) is 0. The van der Waals surface area contributed by atoms with E-state index in [1.165, 1.54) is 12.1 Å². The minimum absolute atomic E-state index is 0.229. The maximum atomic E-state index is 14.1. The molecule has 0 spiro atoms. The Labute approximate surface area is 142 Å². The zero-order valence-corrected chi connectivity index (χ0v) is 14.3.